The summed E-state index contributed by atoms with van der Waals surface area (Å²) in [6, 6.07) is 0. The van der Waals surface area contributed by atoms with E-state index in [-0.39, 0.29) is 17.9 Å². The number of ether oxygens (including phenoxy) is 2. The Morgan fingerprint density at radius 1 is 1.21 bits per heavy atom. The van der Waals surface area contributed by atoms with E-state index >= 15 is 0 Å². The smallest absolute Gasteiger partial charge is 0.311 e. The number of methoxy groups -OCH3 is 2. The standard InChI is InChI=1S/C10H18O4/c1-7(8(11)13-4)6-10(2,3)9(12)14-5/h7H,6H2,1-5H3/t7-/m0/s1. The van der Waals surface area contributed by atoms with E-state index in [1.165, 1.54) is 14.2 Å². The highest BCUT2D eigenvalue weighted by atomic mass is 16.5. The molecule has 4 nitrogen and oxygen atoms in total. The van der Waals surface area contributed by atoms with E-state index < -0.39 is 5.41 Å². The van der Waals surface area contributed by atoms with Gasteiger partial charge in [-0.15, -0.1) is 0 Å². The van der Waals surface area contributed by atoms with Crippen LogP contribution in [0.5, 0.6) is 0 Å². The summed E-state index contributed by atoms with van der Waals surface area (Å²) >= 11 is 0. The number of hydrogen-bond donors (Lipinski definition) is 0. The summed E-state index contributed by atoms with van der Waals surface area (Å²) in [6.07, 6.45) is 0.423. The van der Waals surface area contributed by atoms with E-state index in [1.54, 1.807) is 20.8 Å². The zero-order chi connectivity index (χ0) is 11.4. The minimum atomic E-state index is -0.650. The van der Waals surface area contributed by atoms with Crippen LogP contribution in [0.4, 0.5) is 0 Å². The molecule has 0 saturated heterocycles. The second-order valence-corrected chi connectivity index (χ2v) is 4.00. The highest BCUT2D eigenvalue weighted by Crippen LogP contribution is 2.27. The molecule has 0 radical (unpaired) electrons. The lowest BCUT2D eigenvalue weighted by Gasteiger charge is -2.23. The van der Waals surface area contributed by atoms with Crippen molar-refractivity contribution in [1.82, 2.24) is 0 Å². The summed E-state index contributed by atoms with van der Waals surface area (Å²) in [6.45, 7) is 5.23. The summed E-state index contributed by atoms with van der Waals surface area (Å²) in [5, 5.41) is 0. The third-order valence-electron chi connectivity index (χ3n) is 2.16. The molecule has 0 amide bonds. The number of rotatable bonds is 4. The van der Waals surface area contributed by atoms with Gasteiger partial charge in [0.15, 0.2) is 0 Å². The molecule has 82 valence electrons. The molecule has 1 atom stereocenters. The van der Waals surface area contributed by atoms with Gasteiger partial charge in [0.25, 0.3) is 0 Å². The normalized spacial score (nSPS) is 13.2. The van der Waals surface area contributed by atoms with Gasteiger partial charge >= 0.3 is 11.9 Å². The molecule has 0 aromatic heterocycles. The minimum Gasteiger partial charge on any atom is -0.469 e. The van der Waals surface area contributed by atoms with Gasteiger partial charge in [0.2, 0.25) is 0 Å². The molecule has 0 N–H and O–H groups in total. The van der Waals surface area contributed by atoms with Crippen LogP contribution in [-0.4, -0.2) is 26.2 Å². The van der Waals surface area contributed by atoms with Gasteiger partial charge in [0.05, 0.1) is 25.6 Å². The van der Waals surface area contributed by atoms with E-state index in [4.69, 9.17) is 0 Å². The average molecular weight is 202 g/mol. The molecule has 0 aliphatic rings. The van der Waals surface area contributed by atoms with Crippen LogP contribution in [0.15, 0.2) is 0 Å². The quantitative estimate of drug-likeness (QED) is 0.646. The van der Waals surface area contributed by atoms with Crippen LogP contribution in [-0.2, 0) is 19.1 Å². The second-order valence-electron chi connectivity index (χ2n) is 4.00. The third-order valence-corrected chi connectivity index (χ3v) is 2.16. The molecular weight excluding hydrogens is 184 g/mol. The molecule has 0 aromatic rings. The lowest BCUT2D eigenvalue weighted by Crippen LogP contribution is -2.30. The maximum Gasteiger partial charge on any atom is 0.311 e. The van der Waals surface area contributed by atoms with E-state index in [0.717, 1.165) is 0 Å². The summed E-state index contributed by atoms with van der Waals surface area (Å²) in [4.78, 5) is 22.4. The Labute approximate surface area is 84.6 Å². The van der Waals surface area contributed by atoms with Crippen LogP contribution < -0.4 is 0 Å². The Bertz CT molecular complexity index is 220. The van der Waals surface area contributed by atoms with Crippen molar-refractivity contribution >= 4 is 11.9 Å². The maximum absolute atomic E-state index is 11.3. The molecule has 0 rings (SSSR count). The van der Waals surface area contributed by atoms with Crippen molar-refractivity contribution in [2.75, 3.05) is 14.2 Å². The highest BCUT2D eigenvalue weighted by molar-refractivity contribution is 5.78. The second kappa shape index (κ2) is 4.98. The number of esters is 2. The summed E-state index contributed by atoms with van der Waals surface area (Å²) in [5.74, 6) is -0.913. The molecule has 0 heterocycles. The van der Waals surface area contributed by atoms with Crippen LogP contribution in [0.3, 0.4) is 0 Å². The molecule has 0 unspecified atom stereocenters. The lowest BCUT2D eigenvalue weighted by atomic mass is 9.83. The number of carbonyl (C=O) groups excluding carboxylic acids is 2. The largest absolute Gasteiger partial charge is 0.469 e. The van der Waals surface area contributed by atoms with E-state index in [0.29, 0.717) is 6.42 Å². The van der Waals surface area contributed by atoms with Crippen molar-refractivity contribution < 1.29 is 19.1 Å². The monoisotopic (exact) mass is 202 g/mol. The van der Waals surface area contributed by atoms with Crippen LogP contribution in [0.25, 0.3) is 0 Å². The van der Waals surface area contributed by atoms with Crippen LogP contribution in [0.1, 0.15) is 27.2 Å². The Hall–Kier alpha value is -1.06. The molecule has 14 heavy (non-hydrogen) atoms. The van der Waals surface area contributed by atoms with Crippen molar-refractivity contribution in [3.8, 4) is 0 Å². The van der Waals surface area contributed by atoms with E-state index in [2.05, 4.69) is 9.47 Å². The molecule has 0 spiro atoms. The Morgan fingerprint density at radius 3 is 2.07 bits per heavy atom. The molecule has 0 bridgehead atoms. The maximum atomic E-state index is 11.3. The summed E-state index contributed by atoms with van der Waals surface area (Å²) in [7, 11) is 2.68. The van der Waals surface area contributed by atoms with Crippen LogP contribution in [0.2, 0.25) is 0 Å². The summed E-state index contributed by atoms with van der Waals surface area (Å²) in [5.41, 5.74) is -0.650. The van der Waals surface area contributed by atoms with Gasteiger partial charge in [0, 0.05) is 0 Å². The van der Waals surface area contributed by atoms with E-state index in [1.807, 2.05) is 0 Å². The van der Waals surface area contributed by atoms with Gasteiger partial charge in [-0.1, -0.05) is 6.92 Å². The molecule has 0 aliphatic heterocycles. The zero-order valence-corrected chi connectivity index (χ0v) is 9.42. The first-order valence-electron chi connectivity index (χ1n) is 4.51. The summed E-state index contributed by atoms with van der Waals surface area (Å²) < 4.78 is 9.22. The first-order valence-corrected chi connectivity index (χ1v) is 4.51. The Morgan fingerprint density at radius 2 is 1.71 bits per heavy atom. The van der Waals surface area contributed by atoms with Crippen molar-refractivity contribution in [3.05, 3.63) is 0 Å². The predicted molar refractivity (Wildman–Crippen MR) is 51.6 cm³/mol. The first-order chi connectivity index (χ1) is 6.35. The number of carbonyl (C=O) groups is 2. The fourth-order valence-corrected chi connectivity index (χ4v) is 1.41. The van der Waals surface area contributed by atoms with Gasteiger partial charge in [-0.25, -0.2) is 0 Å². The number of hydrogen-bond acceptors (Lipinski definition) is 4. The average Bonchev–Trinajstić information content (AvgIpc) is 2.14. The van der Waals surface area contributed by atoms with Crippen molar-refractivity contribution in [3.63, 3.8) is 0 Å². The fourth-order valence-electron chi connectivity index (χ4n) is 1.41. The Balaban J connectivity index is 4.35. The molecule has 4 heteroatoms. The van der Waals surface area contributed by atoms with Gasteiger partial charge in [-0.2, -0.15) is 0 Å². The fraction of sp³-hybridized carbons (Fsp3) is 0.800. The van der Waals surface area contributed by atoms with Gasteiger partial charge in [-0.3, -0.25) is 9.59 Å². The van der Waals surface area contributed by atoms with Gasteiger partial charge in [-0.05, 0) is 20.3 Å². The van der Waals surface area contributed by atoms with Crippen LogP contribution >= 0.6 is 0 Å². The molecule has 0 fully saturated rings. The SMILES string of the molecule is COC(=O)[C@@H](C)CC(C)(C)C(=O)OC. The molecule has 0 saturated carbocycles. The van der Waals surface area contributed by atoms with E-state index in [9.17, 15) is 9.59 Å². The van der Waals surface area contributed by atoms with Gasteiger partial charge in [0.1, 0.15) is 0 Å². The lowest BCUT2D eigenvalue weighted by molar-refractivity contribution is -0.154. The Kier molecular flexibility index (Phi) is 4.60. The van der Waals surface area contributed by atoms with Gasteiger partial charge < -0.3 is 9.47 Å². The van der Waals surface area contributed by atoms with Crippen LogP contribution in [0, 0.1) is 11.3 Å². The first kappa shape index (κ1) is 12.9. The predicted octanol–water partition coefficient (Wildman–Crippen LogP) is 1.38. The van der Waals surface area contributed by atoms with Crippen molar-refractivity contribution in [2.45, 2.75) is 27.2 Å². The minimum absolute atomic E-state index is 0.297. The molecular formula is C10H18O4. The highest BCUT2D eigenvalue weighted by Gasteiger charge is 2.33. The zero-order valence-electron chi connectivity index (χ0n) is 9.42. The van der Waals surface area contributed by atoms with Crippen molar-refractivity contribution in [1.29, 1.82) is 0 Å². The molecule has 0 aromatic carbocycles. The van der Waals surface area contributed by atoms with Crippen molar-refractivity contribution in [2.24, 2.45) is 11.3 Å². The topological polar surface area (TPSA) is 52.6 Å². The third kappa shape index (κ3) is 3.36. The molecule has 0 aliphatic carbocycles.